The highest BCUT2D eigenvalue weighted by Gasteiger charge is 2.11. The molecule has 0 fully saturated rings. The summed E-state index contributed by atoms with van der Waals surface area (Å²) in [5.74, 6) is -0.0377. The first-order valence-corrected chi connectivity index (χ1v) is 10.1. The zero-order chi connectivity index (χ0) is 21.5. The average molecular weight is 442 g/mol. The number of aromatic nitrogens is 2. The fourth-order valence-electron chi connectivity index (χ4n) is 2.96. The van der Waals surface area contributed by atoms with Crippen LogP contribution in [0.4, 0.5) is 5.69 Å². The van der Waals surface area contributed by atoms with Crippen molar-refractivity contribution >= 4 is 34.8 Å². The molecule has 2 aromatic carbocycles. The molecule has 0 spiro atoms. The van der Waals surface area contributed by atoms with Gasteiger partial charge in [-0.15, -0.1) is 0 Å². The number of carbonyl (C=O) groups excluding carboxylic acids is 1. The highest BCUT2D eigenvalue weighted by molar-refractivity contribution is 6.35. The van der Waals surface area contributed by atoms with Gasteiger partial charge in [0.15, 0.2) is 0 Å². The predicted molar refractivity (Wildman–Crippen MR) is 119 cm³/mol. The van der Waals surface area contributed by atoms with Gasteiger partial charge in [-0.3, -0.25) is 4.79 Å². The topological polar surface area (TPSA) is 74.0 Å². The van der Waals surface area contributed by atoms with Crippen LogP contribution in [0.25, 0.3) is 0 Å². The van der Waals surface area contributed by atoms with Crippen molar-refractivity contribution in [1.29, 1.82) is 5.26 Å². The second-order valence-corrected chi connectivity index (χ2v) is 7.77. The third-order valence-corrected chi connectivity index (χ3v) is 5.11. The number of likely N-dealkylation sites (N-methyl/N-ethyl adjacent to an activating group) is 1. The number of carbonyl (C=O) groups is 1. The average Bonchev–Trinajstić information content (AvgIpc) is 3.17. The highest BCUT2D eigenvalue weighted by atomic mass is 35.5. The van der Waals surface area contributed by atoms with Gasteiger partial charge in [0.05, 0.1) is 24.5 Å². The smallest absolute Gasteiger partial charge is 0.241 e. The van der Waals surface area contributed by atoms with Crippen LogP contribution >= 0.6 is 23.2 Å². The lowest BCUT2D eigenvalue weighted by Gasteiger charge is -2.18. The van der Waals surface area contributed by atoms with Crippen molar-refractivity contribution in [2.45, 2.75) is 13.0 Å². The van der Waals surface area contributed by atoms with E-state index in [1.807, 2.05) is 22.9 Å². The number of nitrogens with zero attached hydrogens (tertiary/aromatic N) is 4. The number of nitrogens with one attached hydrogen (secondary N) is 1. The summed E-state index contributed by atoms with van der Waals surface area (Å²) in [4.78, 5) is 18.3. The summed E-state index contributed by atoms with van der Waals surface area (Å²) in [5, 5.41) is 13.0. The molecule has 0 saturated heterocycles. The normalized spacial score (nSPS) is 10.5. The number of imidazole rings is 1. The SMILES string of the molecule is CN(CCc1cncn1Cc1ccc(C#N)cc1)C(=O)CNc1cc(Cl)cc(Cl)c1. The van der Waals surface area contributed by atoms with Crippen LogP contribution in [-0.4, -0.2) is 40.5 Å². The van der Waals surface area contributed by atoms with Crippen LogP contribution in [0, 0.1) is 11.3 Å². The van der Waals surface area contributed by atoms with Crippen LogP contribution < -0.4 is 5.32 Å². The number of halogens is 2. The van der Waals surface area contributed by atoms with Gasteiger partial charge in [-0.2, -0.15) is 5.26 Å². The molecule has 0 radical (unpaired) electrons. The maximum atomic E-state index is 12.4. The first kappa shape index (κ1) is 21.7. The number of amides is 1. The Labute approximate surface area is 185 Å². The van der Waals surface area contributed by atoms with Gasteiger partial charge >= 0.3 is 0 Å². The standard InChI is InChI=1S/C22H21Cl2N5O/c1-28(22(30)13-27-20-9-18(23)8-19(24)10-20)7-6-21-12-26-15-29(21)14-17-4-2-16(11-25)3-5-17/h2-5,8-10,12,15,27H,6-7,13-14H2,1H3. The molecular weight excluding hydrogens is 421 g/mol. The molecule has 0 saturated carbocycles. The first-order valence-electron chi connectivity index (χ1n) is 9.36. The Morgan fingerprint density at radius 3 is 2.57 bits per heavy atom. The summed E-state index contributed by atoms with van der Waals surface area (Å²) in [7, 11) is 1.77. The van der Waals surface area contributed by atoms with Crippen molar-refractivity contribution in [1.82, 2.24) is 14.5 Å². The van der Waals surface area contributed by atoms with Crippen LogP contribution in [0.15, 0.2) is 55.0 Å². The fourth-order valence-corrected chi connectivity index (χ4v) is 3.48. The monoisotopic (exact) mass is 441 g/mol. The molecule has 0 aliphatic carbocycles. The molecule has 3 rings (SSSR count). The lowest BCUT2D eigenvalue weighted by Crippen LogP contribution is -2.34. The molecule has 0 aliphatic rings. The van der Waals surface area contributed by atoms with Gasteiger partial charge in [-0.05, 0) is 35.9 Å². The Morgan fingerprint density at radius 2 is 1.90 bits per heavy atom. The molecule has 0 bridgehead atoms. The summed E-state index contributed by atoms with van der Waals surface area (Å²) in [6.45, 7) is 1.38. The summed E-state index contributed by atoms with van der Waals surface area (Å²) in [6.07, 6.45) is 4.27. The summed E-state index contributed by atoms with van der Waals surface area (Å²) in [6, 6.07) is 14.7. The highest BCUT2D eigenvalue weighted by Crippen LogP contribution is 2.22. The van der Waals surface area contributed by atoms with Crippen molar-refractivity contribution in [3.63, 3.8) is 0 Å². The number of benzene rings is 2. The van der Waals surface area contributed by atoms with Crippen molar-refractivity contribution in [3.05, 3.63) is 81.9 Å². The number of hydrogen-bond donors (Lipinski definition) is 1. The number of rotatable bonds is 8. The third kappa shape index (κ3) is 5.99. The van der Waals surface area contributed by atoms with Gasteiger partial charge in [0.1, 0.15) is 0 Å². The van der Waals surface area contributed by atoms with Crippen molar-refractivity contribution in [2.75, 3.05) is 25.5 Å². The first-order chi connectivity index (χ1) is 14.4. The van der Waals surface area contributed by atoms with Gasteiger partial charge in [0.25, 0.3) is 0 Å². The van der Waals surface area contributed by atoms with E-state index in [0.29, 0.717) is 40.8 Å². The molecule has 154 valence electrons. The van der Waals surface area contributed by atoms with Crippen molar-refractivity contribution in [3.8, 4) is 6.07 Å². The Bertz CT molecular complexity index is 1040. The minimum Gasteiger partial charge on any atom is -0.376 e. The van der Waals surface area contributed by atoms with Crippen molar-refractivity contribution < 1.29 is 4.79 Å². The Balaban J connectivity index is 1.52. The Kier molecular flexibility index (Phi) is 7.34. The van der Waals surface area contributed by atoms with Crippen LogP contribution in [0.5, 0.6) is 0 Å². The van der Waals surface area contributed by atoms with Crippen LogP contribution in [0.1, 0.15) is 16.8 Å². The van der Waals surface area contributed by atoms with E-state index >= 15 is 0 Å². The molecule has 3 aromatic rings. The van der Waals surface area contributed by atoms with E-state index in [4.69, 9.17) is 28.5 Å². The Morgan fingerprint density at radius 1 is 1.20 bits per heavy atom. The third-order valence-electron chi connectivity index (χ3n) is 4.67. The number of nitriles is 1. The zero-order valence-corrected chi connectivity index (χ0v) is 18.0. The molecule has 8 heteroatoms. The molecule has 0 unspecified atom stereocenters. The van der Waals surface area contributed by atoms with E-state index in [9.17, 15) is 4.79 Å². The van der Waals surface area contributed by atoms with E-state index in [1.165, 1.54) is 0 Å². The maximum absolute atomic E-state index is 12.4. The lowest BCUT2D eigenvalue weighted by molar-refractivity contribution is -0.128. The van der Waals surface area contributed by atoms with Gasteiger partial charge in [-0.25, -0.2) is 4.98 Å². The van der Waals surface area contributed by atoms with E-state index in [1.54, 1.807) is 48.6 Å². The molecule has 6 nitrogen and oxygen atoms in total. The summed E-state index contributed by atoms with van der Waals surface area (Å²) >= 11 is 12.0. The van der Waals surface area contributed by atoms with E-state index < -0.39 is 0 Å². The van der Waals surface area contributed by atoms with E-state index in [-0.39, 0.29) is 12.5 Å². The number of hydrogen-bond acceptors (Lipinski definition) is 4. The molecule has 1 N–H and O–H groups in total. The van der Waals surface area contributed by atoms with Crippen LogP contribution in [0.2, 0.25) is 10.0 Å². The van der Waals surface area contributed by atoms with Crippen LogP contribution in [-0.2, 0) is 17.8 Å². The molecule has 1 amide bonds. The molecular formula is C22H21Cl2N5O. The zero-order valence-electron chi connectivity index (χ0n) is 16.5. The van der Waals surface area contributed by atoms with Gasteiger partial charge < -0.3 is 14.8 Å². The van der Waals surface area contributed by atoms with Gasteiger partial charge in [0, 0.05) is 54.2 Å². The van der Waals surface area contributed by atoms with Crippen LogP contribution in [0.3, 0.4) is 0 Å². The minimum atomic E-state index is -0.0377. The fraction of sp³-hybridized carbons (Fsp3) is 0.227. The van der Waals surface area contributed by atoms with Crippen molar-refractivity contribution in [2.24, 2.45) is 0 Å². The van der Waals surface area contributed by atoms with E-state index in [2.05, 4.69) is 16.4 Å². The molecule has 30 heavy (non-hydrogen) atoms. The van der Waals surface area contributed by atoms with Gasteiger partial charge in [0.2, 0.25) is 5.91 Å². The molecule has 0 aliphatic heterocycles. The quantitative estimate of drug-likeness (QED) is 0.567. The van der Waals surface area contributed by atoms with Gasteiger partial charge in [-0.1, -0.05) is 35.3 Å². The summed E-state index contributed by atoms with van der Waals surface area (Å²) < 4.78 is 2.05. The lowest BCUT2D eigenvalue weighted by atomic mass is 10.1. The maximum Gasteiger partial charge on any atom is 0.241 e. The number of anilines is 1. The second-order valence-electron chi connectivity index (χ2n) is 6.90. The Hall–Kier alpha value is -3.01. The summed E-state index contributed by atoms with van der Waals surface area (Å²) in [5.41, 5.74) is 3.46. The van der Waals surface area contributed by atoms with E-state index in [0.717, 1.165) is 11.3 Å². The molecule has 1 aromatic heterocycles. The largest absolute Gasteiger partial charge is 0.376 e. The molecule has 0 atom stereocenters. The predicted octanol–water partition coefficient (Wildman–Crippen LogP) is 4.22. The minimum absolute atomic E-state index is 0.0377. The molecule has 1 heterocycles. The second kappa shape index (κ2) is 10.1.